The molecule has 2 heterocycles. The Morgan fingerprint density at radius 1 is 1.02 bits per heavy atom. The second-order valence-electron chi connectivity index (χ2n) is 13.6. The first-order valence-corrected chi connectivity index (χ1v) is 19.6. The summed E-state index contributed by atoms with van der Waals surface area (Å²) in [6.07, 6.45) is 7.22. The number of halogens is 1. The molecule has 0 bridgehead atoms. The van der Waals surface area contributed by atoms with E-state index in [1.165, 1.54) is 11.8 Å². The topological polar surface area (TPSA) is 169 Å². The number of aryl methyl sites for hydroxylation is 1. The van der Waals surface area contributed by atoms with Crippen LogP contribution in [0.2, 0.25) is 5.02 Å². The number of amides is 2. The number of likely N-dealkylation sites (tertiary alicyclic amines) is 1. The lowest BCUT2D eigenvalue weighted by atomic mass is 9.86. The Hall–Kier alpha value is -3.94. The third-order valence-electron chi connectivity index (χ3n) is 8.86. The molecule has 51 heavy (non-hydrogen) atoms. The summed E-state index contributed by atoms with van der Waals surface area (Å²) in [5, 5.41) is 9.05. The number of hydrogen-bond donors (Lipinski definition) is 4. The van der Waals surface area contributed by atoms with E-state index in [0.717, 1.165) is 57.2 Å². The minimum atomic E-state index is -3.56. The maximum atomic E-state index is 13.0. The SMILES string of the molecule is Cc1cc(Nc2ncc(Cl)c(Nc3ccccc3S(=O)(=O)C(C)C)n2)c(OC(C)C)cc1C1CCN(CC(=O)NCCCCCCC(N)=O)CC1. The number of ether oxygens (including phenoxy) is 1. The fourth-order valence-corrected chi connectivity index (χ4v) is 7.43. The Labute approximate surface area is 307 Å². The third kappa shape index (κ3) is 11.5. The van der Waals surface area contributed by atoms with Crippen molar-refractivity contribution in [2.24, 2.45) is 5.73 Å². The molecule has 0 aliphatic carbocycles. The van der Waals surface area contributed by atoms with Gasteiger partial charge in [0.05, 0.1) is 40.4 Å². The molecule has 1 aliphatic rings. The van der Waals surface area contributed by atoms with Gasteiger partial charge in [0.15, 0.2) is 15.7 Å². The maximum absolute atomic E-state index is 13.0. The van der Waals surface area contributed by atoms with Gasteiger partial charge in [0.2, 0.25) is 17.8 Å². The van der Waals surface area contributed by atoms with Gasteiger partial charge in [0, 0.05) is 13.0 Å². The second-order valence-corrected chi connectivity index (χ2v) is 16.5. The standard InChI is InChI=1S/C37H52ClN7O5S/c1-24(2)50-32-21-28(27-15-18-45(19-16-27)23-35(47)40-17-11-7-6-8-14-34(39)46)26(5)20-31(32)43-37-41-22-29(38)36(44-37)42-30-12-9-10-13-33(30)51(48,49)25(3)4/h9-10,12-13,20-22,24-25,27H,6-8,11,14-19,23H2,1-5H3,(H2,39,46)(H,40,47)(H2,41,42,43,44). The molecule has 14 heteroatoms. The maximum Gasteiger partial charge on any atom is 0.234 e. The van der Waals surface area contributed by atoms with Crippen molar-refractivity contribution >= 4 is 56.4 Å². The normalized spacial score (nSPS) is 14.1. The van der Waals surface area contributed by atoms with E-state index in [9.17, 15) is 18.0 Å². The van der Waals surface area contributed by atoms with Crippen molar-refractivity contribution in [3.8, 4) is 5.75 Å². The lowest BCUT2D eigenvalue weighted by molar-refractivity contribution is -0.122. The number of para-hydroxylation sites is 1. The van der Waals surface area contributed by atoms with Crippen LogP contribution >= 0.6 is 11.6 Å². The second kappa shape index (κ2) is 18.5. The van der Waals surface area contributed by atoms with Crippen LogP contribution in [0, 0.1) is 6.92 Å². The van der Waals surface area contributed by atoms with Crippen LogP contribution in [0.15, 0.2) is 47.5 Å². The van der Waals surface area contributed by atoms with Crippen molar-refractivity contribution in [3.63, 3.8) is 0 Å². The molecule has 1 saturated heterocycles. The van der Waals surface area contributed by atoms with Crippen molar-refractivity contribution < 1.29 is 22.7 Å². The molecule has 1 fully saturated rings. The Balaban J connectivity index is 1.41. The number of aromatic nitrogens is 2. The van der Waals surface area contributed by atoms with Crippen LogP contribution in [0.5, 0.6) is 5.75 Å². The van der Waals surface area contributed by atoms with E-state index in [4.69, 9.17) is 22.1 Å². The number of nitrogens with two attached hydrogens (primary N) is 1. The lowest BCUT2D eigenvalue weighted by Crippen LogP contribution is -2.41. The van der Waals surface area contributed by atoms with Gasteiger partial charge in [-0.05, 0) is 115 Å². The molecule has 4 rings (SSSR count). The number of benzene rings is 2. The van der Waals surface area contributed by atoms with E-state index < -0.39 is 15.1 Å². The predicted molar refractivity (Wildman–Crippen MR) is 203 cm³/mol. The summed E-state index contributed by atoms with van der Waals surface area (Å²) in [5.74, 6) is 1.29. The Morgan fingerprint density at radius 2 is 1.73 bits per heavy atom. The largest absolute Gasteiger partial charge is 0.489 e. The highest BCUT2D eigenvalue weighted by atomic mass is 35.5. The smallest absolute Gasteiger partial charge is 0.234 e. The van der Waals surface area contributed by atoms with Crippen molar-refractivity contribution in [1.29, 1.82) is 0 Å². The molecule has 0 atom stereocenters. The van der Waals surface area contributed by atoms with Gasteiger partial charge in [-0.25, -0.2) is 13.4 Å². The van der Waals surface area contributed by atoms with E-state index in [1.807, 2.05) is 19.9 Å². The molecule has 1 aromatic heterocycles. The molecule has 2 amide bonds. The first-order chi connectivity index (χ1) is 24.2. The Bertz CT molecular complexity index is 1760. The van der Waals surface area contributed by atoms with Gasteiger partial charge in [0.25, 0.3) is 0 Å². The first kappa shape index (κ1) is 39.8. The van der Waals surface area contributed by atoms with Gasteiger partial charge >= 0.3 is 0 Å². The number of nitrogens with zero attached hydrogens (tertiary/aromatic N) is 3. The summed E-state index contributed by atoms with van der Waals surface area (Å²) in [5.41, 5.74) is 8.56. The summed E-state index contributed by atoms with van der Waals surface area (Å²) >= 11 is 6.47. The summed E-state index contributed by atoms with van der Waals surface area (Å²) in [4.78, 5) is 34.8. The number of primary amides is 1. The summed E-state index contributed by atoms with van der Waals surface area (Å²) in [7, 11) is -3.56. The van der Waals surface area contributed by atoms with Crippen LogP contribution in [0.1, 0.15) is 89.7 Å². The van der Waals surface area contributed by atoms with Crippen LogP contribution in [0.3, 0.4) is 0 Å². The number of unbranched alkanes of at least 4 members (excludes halogenated alkanes) is 3. The molecule has 278 valence electrons. The highest BCUT2D eigenvalue weighted by Gasteiger charge is 2.26. The van der Waals surface area contributed by atoms with E-state index in [-0.39, 0.29) is 39.6 Å². The average Bonchev–Trinajstić information content (AvgIpc) is 3.07. The average molecular weight is 742 g/mol. The fraction of sp³-hybridized carbons (Fsp3) is 0.514. The Morgan fingerprint density at radius 3 is 2.41 bits per heavy atom. The summed E-state index contributed by atoms with van der Waals surface area (Å²) in [6, 6.07) is 10.8. The third-order valence-corrected chi connectivity index (χ3v) is 11.3. The molecule has 0 radical (unpaired) electrons. The fourth-order valence-electron chi connectivity index (χ4n) is 6.09. The zero-order valence-electron chi connectivity index (χ0n) is 30.3. The number of nitrogens with one attached hydrogen (secondary N) is 3. The monoisotopic (exact) mass is 741 g/mol. The molecule has 0 spiro atoms. The van der Waals surface area contributed by atoms with Crippen LogP contribution in [0.4, 0.5) is 23.1 Å². The van der Waals surface area contributed by atoms with Crippen LogP contribution < -0.4 is 26.4 Å². The minimum absolute atomic E-state index is 0.0392. The van der Waals surface area contributed by atoms with Crippen molar-refractivity contribution in [1.82, 2.24) is 20.2 Å². The minimum Gasteiger partial charge on any atom is -0.489 e. The van der Waals surface area contributed by atoms with E-state index in [0.29, 0.717) is 42.6 Å². The van der Waals surface area contributed by atoms with E-state index >= 15 is 0 Å². The van der Waals surface area contributed by atoms with Crippen LogP contribution in [0.25, 0.3) is 0 Å². The number of carbonyl (C=O) groups excluding carboxylic acids is 2. The van der Waals surface area contributed by atoms with Crippen molar-refractivity contribution in [2.45, 2.75) is 102 Å². The zero-order chi connectivity index (χ0) is 37.1. The highest BCUT2D eigenvalue weighted by Crippen LogP contribution is 2.38. The number of sulfone groups is 1. The summed E-state index contributed by atoms with van der Waals surface area (Å²) in [6.45, 7) is 12.0. The molecular weight excluding hydrogens is 690 g/mol. The lowest BCUT2D eigenvalue weighted by Gasteiger charge is -2.33. The van der Waals surface area contributed by atoms with Gasteiger partial charge in [-0.15, -0.1) is 0 Å². The van der Waals surface area contributed by atoms with Gasteiger partial charge in [-0.3, -0.25) is 14.5 Å². The zero-order valence-corrected chi connectivity index (χ0v) is 31.9. The van der Waals surface area contributed by atoms with Crippen LogP contribution in [-0.2, 0) is 19.4 Å². The van der Waals surface area contributed by atoms with Gasteiger partial charge in [-0.1, -0.05) is 36.6 Å². The molecule has 2 aromatic carbocycles. The number of rotatable bonds is 18. The molecule has 1 aliphatic heterocycles. The predicted octanol–water partition coefficient (Wildman–Crippen LogP) is 6.63. The van der Waals surface area contributed by atoms with Gasteiger partial charge in [0.1, 0.15) is 10.8 Å². The first-order valence-electron chi connectivity index (χ1n) is 17.7. The molecule has 12 nitrogen and oxygen atoms in total. The number of hydrogen-bond acceptors (Lipinski definition) is 10. The highest BCUT2D eigenvalue weighted by molar-refractivity contribution is 7.92. The number of anilines is 4. The Kier molecular flexibility index (Phi) is 14.5. The van der Waals surface area contributed by atoms with Crippen molar-refractivity contribution in [3.05, 3.63) is 58.7 Å². The molecule has 5 N–H and O–H groups in total. The number of carbonyl (C=O) groups is 2. The molecule has 0 saturated carbocycles. The molecule has 3 aromatic rings. The van der Waals surface area contributed by atoms with Gasteiger partial charge in [-0.2, -0.15) is 4.98 Å². The molecule has 0 unspecified atom stereocenters. The quantitative estimate of drug-likeness (QED) is 0.104. The summed E-state index contributed by atoms with van der Waals surface area (Å²) < 4.78 is 32.3. The molecular formula is C37H52ClN7O5S. The van der Waals surface area contributed by atoms with E-state index in [2.05, 4.69) is 43.8 Å². The number of piperidine rings is 1. The van der Waals surface area contributed by atoms with Crippen LogP contribution in [-0.4, -0.2) is 72.6 Å². The van der Waals surface area contributed by atoms with Gasteiger partial charge < -0.3 is 26.4 Å². The van der Waals surface area contributed by atoms with Crippen molar-refractivity contribution in [2.75, 3.05) is 36.8 Å². The van der Waals surface area contributed by atoms with E-state index in [1.54, 1.807) is 38.1 Å².